The highest BCUT2D eigenvalue weighted by Crippen LogP contribution is 2.38. The van der Waals surface area contributed by atoms with E-state index in [9.17, 15) is 14.4 Å². The van der Waals surface area contributed by atoms with E-state index in [2.05, 4.69) is 31.5 Å². The number of benzene rings is 2. The van der Waals surface area contributed by atoms with Crippen molar-refractivity contribution in [3.63, 3.8) is 0 Å². The van der Waals surface area contributed by atoms with Crippen LogP contribution in [0.2, 0.25) is 0 Å². The van der Waals surface area contributed by atoms with Gasteiger partial charge in [-0.3, -0.25) is 19.9 Å². The van der Waals surface area contributed by atoms with E-state index in [4.69, 9.17) is 5.11 Å². The highest BCUT2D eigenvalue weighted by molar-refractivity contribution is 9.10. The molecule has 3 amide bonds. The van der Waals surface area contributed by atoms with Gasteiger partial charge in [-0.05, 0) is 73.2 Å². The normalized spacial score (nSPS) is 19.3. The number of nitrogens with zero attached hydrogens (tertiary/aromatic N) is 2. The Kier molecular flexibility index (Phi) is 8.21. The van der Waals surface area contributed by atoms with Crippen LogP contribution in [0.15, 0.2) is 59.2 Å². The van der Waals surface area contributed by atoms with Gasteiger partial charge < -0.3 is 15.3 Å². The summed E-state index contributed by atoms with van der Waals surface area (Å²) in [5, 5.41) is 14.5. The first kappa shape index (κ1) is 28.5. The molecule has 0 unspecified atom stereocenters. The lowest BCUT2D eigenvalue weighted by atomic mass is 9.92. The summed E-state index contributed by atoms with van der Waals surface area (Å²) < 4.78 is 15.6. The van der Waals surface area contributed by atoms with E-state index in [0.717, 1.165) is 5.56 Å². The molecule has 2 aromatic carbocycles. The quantitative estimate of drug-likeness (QED) is 0.287. The van der Waals surface area contributed by atoms with Gasteiger partial charge in [0.2, 0.25) is 11.8 Å². The number of nitrogens with one attached hydrogen (secondary N) is 2. The number of anilines is 2. The van der Waals surface area contributed by atoms with Crippen molar-refractivity contribution >= 4 is 50.8 Å². The molecular formula is C31H30BrFN4O4. The molecule has 0 saturated carbocycles. The molecule has 0 fully saturated rings. The molecule has 2 aliphatic heterocycles. The maximum absolute atomic E-state index is 15.0. The van der Waals surface area contributed by atoms with Crippen LogP contribution in [0.5, 0.6) is 0 Å². The highest BCUT2D eigenvalue weighted by atomic mass is 79.9. The van der Waals surface area contributed by atoms with Gasteiger partial charge in [0.1, 0.15) is 5.82 Å². The van der Waals surface area contributed by atoms with Gasteiger partial charge in [-0.25, -0.2) is 9.18 Å². The third kappa shape index (κ3) is 6.02. The van der Waals surface area contributed by atoms with Crippen LogP contribution in [0.1, 0.15) is 55.5 Å². The number of carbonyl (C=O) groups is 3. The summed E-state index contributed by atoms with van der Waals surface area (Å²) >= 11 is 3.45. The van der Waals surface area contributed by atoms with Gasteiger partial charge in [0.15, 0.2) is 0 Å². The molecule has 0 saturated heterocycles. The summed E-state index contributed by atoms with van der Waals surface area (Å²) in [4.78, 5) is 44.3. The fraction of sp³-hybridized carbons (Fsp3) is 0.290. The number of pyridine rings is 1. The van der Waals surface area contributed by atoms with Crippen LogP contribution in [-0.4, -0.2) is 39.4 Å². The highest BCUT2D eigenvalue weighted by Gasteiger charge is 2.31. The standard InChI is InChI=1S/C31H30BrFN4O4/c1-17-6-9-23(32)28(29(17)33)20-11-13-37(27(38)15-20)26-5-3-4-18(2)30(39)36-24-16-21(35-31(40)41)7-8-22(24)19-10-12-34-25(26)14-19/h6-10,12,14-16,18,26,35H,3-5,11,13H2,1-2H3,(H,36,39)(H,40,41)/t18-,26+/m1/s1. The molecule has 41 heavy (non-hydrogen) atoms. The van der Waals surface area contributed by atoms with Crippen LogP contribution in [-0.2, 0) is 9.59 Å². The number of carbonyl (C=O) groups excluding carboxylic acids is 2. The zero-order valence-corrected chi connectivity index (χ0v) is 24.3. The number of rotatable bonds is 3. The average Bonchev–Trinajstić information content (AvgIpc) is 2.93. The van der Waals surface area contributed by atoms with Gasteiger partial charge in [0.25, 0.3) is 0 Å². The first-order chi connectivity index (χ1) is 19.6. The topological polar surface area (TPSA) is 112 Å². The summed E-state index contributed by atoms with van der Waals surface area (Å²) in [6.07, 6.45) is 4.37. The molecule has 212 valence electrons. The summed E-state index contributed by atoms with van der Waals surface area (Å²) in [7, 11) is 0. The monoisotopic (exact) mass is 620 g/mol. The summed E-state index contributed by atoms with van der Waals surface area (Å²) in [5.74, 6) is -1.02. The largest absolute Gasteiger partial charge is 0.465 e. The Morgan fingerprint density at radius 3 is 2.73 bits per heavy atom. The Bertz CT molecular complexity index is 1570. The van der Waals surface area contributed by atoms with Crippen LogP contribution in [0.3, 0.4) is 0 Å². The molecule has 1 aromatic heterocycles. The number of aromatic nitrogens is 1. The second kappa shape index (κ2) is 11.8. The summed E-state index contributed by atoms with van der Waals surface area (Å²) in [6.45, 7) is 3.95. The minimum Gasteiger partial charge on any atom is -0.465 e. The number of halogens is 2. The maximum atomic E-state index is 15.0. The van der Waals surface area contributed by atoms with Gasteiger partial charge in [-0.2, -0.15) is 0 Å². The van der Waals surface area contributed by atoms with Crippen LogP contribution in [0.25, 0.3) is 16.7 Å². The van der Waals surface area contributed by atoms with E-state index in [1.807, 2.05) is 19.1 Å². The molecule has 5 rings (SSSR count). The van der Waals surface area contributed by atoms with E-state index < -0.39 is 6.09 Å². The van der Waals surface area contributed by atoms with Crippen molar-refractivity contribution in [2.45, 2.75) is 45.6 Å². The molecule has 2 atom stereocenters. The molecule has 3 aromatic rings. The van der Waals surface area contributed by atoms with Crippen molar-refractivity contribution in [3.8, 4) is 11.1 Å². The molecule has 10 heteroatoms. The van der Waals surface area contributed by atoms with E-state index in [-0.39, 0.29) is 29.6 Å². The number of aryl methyl sites for hydroxylation is 1. The van der Waals surface area contributed by atoms with Crippen LogP contribution >= 0.6 is 15.9 Å². The van der Waals surface area contributed by atoms with E-state index in [1.54, 1.807) is 48.4 Å². The smallest absolute Gasteiger partial charge is 0.409 e. The lowest BCUT2D eigenvalue weighted by Crippen LogP contribution is -2.38. The zero-order valence-electron chi connectivity index (χ0n) is 22.7. The average molecular weight is 622 g/mol. The van der Waals surface area contributed by atoms with Gasteiger partial charge in [-0.1, -0.05) is 41.4 Å². The molecule has 2 bridgehead atoms. The Morgan fingerprint density at radius 1 is 1.17 bits per heavy atom. The molecule has 2 aliphatic rings. The molecule has 0 radical (unpaired) electrons. The fourth-order valence-corrected chi connectivity index (χ4v) is 6.04. The summed E-state index contributed by atoms with van der Waals surface area (Å²) in [5.41, 5.74) is 4.60. The Balaban J connectivity index is 1.53. The molecule has 0 spiro atoms. The summed E-state index contributed by atoms with van der Waals surface area (Å²) in [6, 6.07) is 11.9. The third-order valence-electron chi connectivity index (χ3n) is 7.71. The number of hydrogen-bond acceptors (Lipinski definition) is 4. The second-order valence-corrected chi connectivity index (χ2v) is 11.4. The van der Waals surface area contributed by atoms with Crippen LogP contribution in [0, 0.1) is 18.7 Å². The van der Waals surface area contributed by atoms with Crippen molar-refractivity contribution in [2.24, 2.45) is 5.92 Å². The lowest BCUT2D eigenvalue weighted by Gasteiger charge is -2.35. The Hall–Kier alpha value is -4.05. The number of amides is 3. The Morgan fingerprint density at radius 2 is 1.98 bits per heavy atom. The van der Waals surface area contributed by atoms with Crippen molar-refractivity contribution in [2.75, 3.05) is 17.2 Å². The van der Waals surface area contributed by atoms with E-state index in [1.165, 1.54) is 6.08 Å². The fourth-order valence-electron chi connectivity index (χ4n) is 5.48. The van der Waals surface area contributed by atoms with Crippen molar-refractivity contribution in [1.29, 1.82) is 0 Å². The first-order valence-electron chi connectivity index (χ1n) is 13.5. The van der Waals surface area contributed by atoms with Crippen molar-refractivity contribution in [3.05, 3.63) is 81.8 Å². The lowest BCUT2D eigenvalue weighted by molar-refractivity contribution is -0.129. The predicted octanol–water partition coefficient (Wildman–Crippen LogP) is 7.16. The first-order valence-corrected chi connectivity index (χ1v) is 14.3. The second-order valence-electron chi connectivity index (χ2n) is 10.5. The third-order valence-corrected chi connectivity index (χ3v) is 8.37. The maximum Gasteiger partial charge on any atom is 0.409 e. The predicted molar refractivity (Wildman–Crippen MR) is 159 cm³/mol. The Labute approximate surface area is 245 Å². The van der Waals surface area contributed by atoms with E-state index in [0.29, 0.717) is 76.0 Å². The van der Waals surface area contributed by atoms with Crippen LogP contribution in [0.4, 0.5) is 20.6 Å². The SMILES string of the molecule is Cc1ccc(Br)c(C2=CC(=O)N([C@H]3CCC[C@@H](C)C(=O)Nc4cc(NC(=O)O)ccc4-c4ccnc3c4)CC2)c1F. The molecule has 8 nitrogen and oxygen atoms in total. The van der Waals surface area contributed by atoms with Gasteiger partial charge in [-0.15, -0.1) is 0 Å². The zero-order chi connectivity index (χ0) is 29.3. The minimum absolute atomic E-state index is 0.169. The van der Waals surface area contributed by atoms with Crippen LogP contribution < -0.4 is 10.6 Å². The number of carboxylic acid groups (broad SMARTS) is 1. The van der Waals surface area contributed by atoms with Gasteiger partial charge in [0, 0.05) is 46.0 Å². The molecule has 3 N–H and O–H groups in total. The molecule has 3 heterocycles. The minimum atomic E-state index is -1.20. The molecular weight excluding hydrogens is 591 g/mol. The molecule has 0 aliphatic carbocycles. The number of hydrogen-bond donors (Lipinski definition) is 3. The van der Waals surface area contributed by atoms with Gasteiger partial charge in [0.05, 0.1) is 17.4 Å². The van der Waals surface area contributed by atoms with E-state index >= 15 is 4.39 Å². The van der Waals surface area contributed by atoms with Crippen molar-refractivity contribution in [1.82, 2.24) is 9.88 Å². The van der Waals surface area contributed by atoms with Gasteiger partial charge >= 0.3 is 6.09 Å². The number of fused-ring (bicyclic) bond motifs is 4. The van der Waals surface area contributed by atoms with Crippen molar-refractivity contribution < 1.29 is 23.9 Å².